The number of para-hydroxylation sites is 1. The first-order chi connectivity index (χ1) is 10.4. The monoisotopic (exact) mass is 281 g/mol. The highest BCUT2D eigenvalue weighted by Crippen LogP contribution is 2.20. The molecule has 3 rings (SSSR count). The zero-order valence-electron chi connectivity index (χ0n) is 11.4. The molecule has 106 valence electrons. The third-order valence-corrected chi connectivity index (χ3v) is 2.94. The van der Waals surface area contributed by atoms with E-state index in [1.165, 1.54) is 0 Å². The van der Waals surface area contributed by atoms with E-state index in [0.29, 0.717) is 18.8 Å². The number of rotatable bonds is 5. The molecule has 2 heterocycles. The van der Waals surface area contributed by atoms with E-state index in [0.717, 1.165) is 11.3 Å². The molecule has 0 bridgehead atoms. The lowest BCUT2D eigenvalue weighted by atomic mass is 10.2. The van der Waals surface area contributed by atoms with Crippen LogP contribution in [-0.2, 0) is 6.42 Å². The van der Waals surface area contributed by atoms with Crippen molar-refractivity contribution in [3.63, 3.8) is 0 Å². The van der Waals surface area contributed by atoms with Crippen molar-refractivity contribution in [3.05, 3.63) is 60.6 Å². The lowest BCUT2D eigenvalue weighted by Gasteiger charge is -2.05. The average molecular weight is 281 g/mol. The van der Waals surface area contributed by atoms with Gasteiger partial charge in [-0.25, -0.2) is 9.67 Å². The van der Waals surface area contributed by atoms with Gasteiger partial charge >= 0.3 is 6.01 Å². The smallest absolute Gasteiger partial charge is 0.342 e. The predicted molar refractivity (Wildman–Crippen MR) is 78.4 cm³/mol. The molecule has 0 fully saturated rings. The Kier molecular flexibility index (Phi) is 3.88. The van der Waals surface area contributed by atoms with Crippen LogP contribution in [0.5, 0.6) is 11.9 Å². The van der Waals surface area contributed by atoms with Gasteiger partial charge in [0, 0.05) is 11.8 Å². The Labute approximate surface area is 122 Å². The Balaban J connectivity index is 1.82. The molecule has 2 aromatic heterocycles. The molecule has 21 heavy (non-hydrogen) atoms. The molecule has 2 N–H and O–H groups in total. The fourth-order valence-corrected chi connectivity index (χ4v) is 1.95. The van der Waals surface area contributed by atoms with E-state index in [-0.39, 0.29) is 6.01 Å². The molecular formula is C15H15N5O. The topological polar surface area (TPSA) is 78.9 Å². The quantitative estimate of drug-likeness (QED) is 0.773. The summed E-state index contributed by atoms with van der Waals surface area (Å²) in [6, 6.07) is 13.8. The van der Waals surface area contributed by atoms with E-state index in [2.05, 4.69) is 15.1 Å². The highest BCUT2D eigenvalue weighted by Gasteiger charge is 2.09. The summed E-state index contributed by atoms with van der Waals surface area (Å²) in [6.07, 6.45) is 3.97. The number of pyridine rings is 1. The molecule has 0 radical (unpaired) electrons. The van der Waals surface area contributed by atoms with Gasteiger partial charge in [0.15, 0.2) is 0 Å². The van der Waals surface area contributed by atoms with Crippen molar-refractivity contribution in [1.29, 1.82) is 0 Å². The molecule has 0 atom stereocenters. The van der Waals surface area contributed by atoms with Crippen LogP contribution in [-0.4, -0.2) is 26.3 Å². The van der Waals surface area contributed by atoms with Crippen LogP contribution in [0.15, 0.2) is 55.0 Å². The normalized spacial score (nSPS) is 10.5. The fraction of sp³-hybridized carbons (Fsp3) is 0.133. The first-order valence-corrected chi connectivity index (χ1v) is 6.66. The lowest BCUT2D eigenvalue weighted by Crippen LogP contribution is -2.05. The summed E-state index contributed by atoms with van der Waals surface area (Å²) in [5.41, 5.74) is 7.44. The molecule has 0 aliphatic heterocycles. The van der Waals surface area contributed by atoms with Crippen molar-refractivity contribution in [1.82, 2.24) is 19.7 Å². The molecule has 0 aliphatic carbocycles. The van der Waals surface area contributed by atoms with E-state index in [4.69, 9.17) is 10.5 Å². The summed E-state index contributed by atoms with van der Waals surface area (Å²) in [5, 5.41) is 4.29. The van der Waals surface area contributed by atoms with Crippen LogP contribution in [0.1, 0.15) is 5.56 Å². The number of nitrogens with zero attached hydrogens (tertiary/aromatic N) is 4. The minimum absolute atomic E-state index is 0.260. The summed E-state index contributed by atoms with van der Waals surface area (Å²) >= 11 is 0. The first-order valence-electron chi connectivity index (χ1n) is 6.66. The molecule has 3 aromatic rings. The van der Waals surface area contributed by atoms with Crippen LogP contribution in [0.2, 0.25) is 0 Å². The SMILES string of the molecule is NCCc1cccnc1Oc1ncn(-c2ccccc2)n1. The summed E-state index contributed by atoms with van der Waals surface area (Å²) in [4.78, 5) is 8.36. The van der Waals surface area contributed by atoms with E-state index >= 15 is 0 Å². The van der Waals surface area contributed by atoms with Gasteiger partial charge in [-0.05, 0) is 31.2 Å². The van der Waals surface area contributed by atoms with Crippen molar-refractivity contribution in [3.8, 4) is 17.6 Å². The first kappa shape index (κ1) is 13.3. The highest BCUT2D eigenvalue weighted by atomic mass is 16.5. The van der Waals surface area contributed by atoms with Crippen molar-refractivity contribution >= 4 is 0 Å². The molecule has 0 saturated carbocycles. The summed E-state index contributed by atoms with van der Waals surface area (Å²) < 4.78 is 7.31. The standard InChI is InChI=1S/C15H15N5O/c16-9-8-12-5-4-10-17-14(12)21-15-18-11-20(19-15)13-6-2-1-3-7-13/h1-7,10-11H,8-9,16H2. The Morgan fingerprint density at radius 1 is 1.05 bits per heavy atom. The largest absolute Gasteiger partial charge is 0.404 e. The van der Waals surface area contributed by atoms with Crippen LogP contribution in [0.4, 0.5) is 0 Å². The molecule has 0 aliphatic rings. The minimum atomic E-state index is 0.260. The molecule has 6 heteroatoms. The lowest BCUT2D eigenvalue weighted by molar-refractivity contribution is 0.419. The maximum atomic E-state index is 5.65. The van der Waals surface area contributed by atoms with Gasteiger partial charge in [-0.15, -0.1) is 5.10 Å². The second-order valence-corrected chi connectivity index (χ2v) is 4.42. The van der Waals surface area contributed by atoms with Crippen molar-refractivity contribution < 1.29 is 4.74 Å². The van der Waals surface area contributed by atoms with Crippen LogP contribution in [0.25, 0.3) is 5.69 Å². The zero-order valence-corrected chi connectivity index (χ0v) is 11.4. The number of nitrogens with two attached hydrogens (primary N) is 1. The van der Waals surface area contributed by atoms with E-state index < -0.39 is 0 Å². The number of hydrogen-bond acceptors (Lipinski definition) is 5. The average Bonchev–Trinajstić information content (AvgIpc) is 2.99. The number of hydrogen-bond donors (Lipinski definition) is 1. The Morgan fingerprint density at radius 2 is 1.90 bits per heavy atom. The van der Waals surface area contributed by atoms with Crippen molar-refractivity contribution in [2.75, 3.05) is 6.54 Å². The second-order valence-electron chi connectivity index (χ2n) is 4.42. The van der Waals surface area contributed by atoms with Gasteiger partial charge in [-0.2, -0.15) is 4.98 Å². The molecule has 1 aromatic carbocycles. The molecule has 6 nitrogen and oxygen atoms in total. The number of aromatic nitrogens is 4. The van der Waals surface area contributed by atoms with Gasteiger partial charge in [0.2, 0.25) is 5.88 Å². The Bertz CT molecular complexity index is 711. The zero-order chi connectivity index (χ0) is 14.5. The maximum Gasteiger partial charge on any atom is 0.342 e. The summed E-state index contributed by atoms with van der Waals surface area (Å²) in [6.45, 7) is 0.536. The van der Waals surface area contributed by atoms with Crippen LogP contribution >= 0.6 is 0 Å². The van der Waals surface area contributed by atoms with Crippen molar-refractivity contribution in [2.45, 2.75) is 6.42 Å². The third kappa shape index (κ3) is 3.06. The van der Waals surface area contributed by atoms with Crippen LogP contribution < -0.4 is 10.5 Å². The molecule has 0 unspecified atom stereocenters. The maximum absolute atomic E-state index is 5.65. The van der Waals surface area contributed by atoms with Crippen molar-refractivity contribution in [2.24, 2.45) is 5.73 Å². The van der Waals surface area contributed by atoms with Crippen LogP contribution in [0, 0.1) is 0 Å². The van der Waals surface area contributed by atoms with Gasteiger partial charge in [0.05, 0.1) is 5.69 Å². The van der Waals surface area contributed by atoms with E-state index in [1.807, 2.05) is 42.5 Å². The van der Waals surface area contributed by atoms with Gasteiger partial charge in [-0.1, -0.05) is 24.3 Å². The highest BCUT2D eigenvalue weighted by molar-refractivity contribution is 5.31. The third-order valence-electron chi connectivity index (χ3n) is 2.94. The number of benzene rings is 1. The Hall–Kier alpha value is -2.73. The molecule has 0 amide bonds. The van der Waals surface area contributed by atoms with Gasteiger partial charge in [0.25, 0.3) is 0 Å². The molecular weight excluding hydrogens is 266 g/mol. The number of ether oxygens (including phenoxy) is 1. The van der Waals surface area contributed by atoms with Gasteiger partial charge in [-0.3, -0.25) is 0 Å². The second kappa shape index (κ2) is 6.15. The van der Waals surface area contributed by atoms with E-state index in [9.17, 15) is 0 Å². The van der Waals surface area contributed by atoms with Gasteiger partial charge < -0.3 is 10.5 Å². The molecule has 0 saturated heterocycles. The summed E-state index contributed by atoms with van der Waals surface area (Å²) in [5.74, 6) is 0.494. The summed E-state index contributed by atoms with van der Waals surface area (Å²) in [7, 11) is 0. The fourth-order valence-electron chi connectivity index (χ4n) is 1.95. The predicted octanol–water partition coefficient (Wildman–Crippen LogP) is 1.96. The van der Waals surface area contributed by atoms with Gasteiger partial charge in [0.1, 0.15) is 6.33 Å². The minimum Gasteiger partial charge on any atom is -0.404 e. The Morgan fingerprint density at radius 3 is 2.71 bits per heavy atom. The van der Waals surface area contributed by atoms with E-state index in [1.54, 1.807) is 17.2 Å². The van der Waals surface area contributed by atoms with Crippen LogP contribution in [0.3, 0.4) is 0 Å². The molecule has 0 spiro atoms.